The van der Waals surface area contributed by atoms with Gasteiger partial charge in [-0.2, -0.15) is 5.10 Å². The van der Waals surface area contributed by atoms with Crippen LogP contribution in [0.15, 0.2) is 24.3 Å². The van der Waals surface area contributed by atoms with Gasteiger partial charge in [0.05, 0.1) is 11.4 Å². The lowest BCUT2D eigenvalue weighted by molar-refractivity contribution is -0.129. The van der Waals surface area contributed by atoms with Crippen LogP contribution in [0.3, 0.4) is 0 Å². The van der Waals surface area contributed by atoms with Crippen molar-refractivity contribution in [1.82, 2.24) is 9.78 Å². The Balaban J connectivity index is 1.87. The van der Waals surface area contributed by atoms with E-state index in [1.165, 1.54) is 28.9 Å². The molecule has 1 aromatic carbocycles. The number of halogens is 2. The van der Waals surface area contributed by atoms with Crippen LogP contribution in [0.1, 0.15) is 41.7 Å². The number of benzene rings is 1. The van der Waals surface area contributed by atoms with Crippen LogP contribution in [-0.4, -0.2) is 27.6 Å². The van der Waals surface area contributed by atoms with Gasteiger partial charge in [0.1, 0.15) is 16.5 Å². The number of ketones is 1. The average Bonchev–Trinajstić information content (AvgIpc) is 2.85. The highest BCUT2D eigenvalue weighted by Gasteiger charge is 2.29. The summed E-state index contributed by atoms with van der Waals surface area (Å²) in [4.78, 5) is 24.2. The number of nitrogens with zero attached hydrogens (tertiary/aromatic N) is 2. The summed E-state index contributed by atoms with van der Waals surface area (Å²) < 4.78 is 19.7. The zero-order valence-corrected chi connectivity index (χ0v) is 13.8. The molecule has 1 heterocycles. The number of esters is 1. The predicted molar refractivity (Wildman–Crippen MR) is 85.9 cm³/mol. The number of rotatable bonds is 3. The Kier molecular flexibility index (Phi) is 4.66. The lowest BCUT2D eigenvalue weighted by Gasteiger charge is -2.20. The largest absolute Gasteiger partial charge is 0.451 e. The third-order valence-corrected chi connectivity index (χ3v) is 4.38. The van der Waals surface area contributed by atoms with Crippen molar-refractivity contribution in [2.75, 3.05) is 0 Å². The van der Waals surface area contributed by atoms with Gasteiger partial charge < -0.3 is 4.74 Å². The molecule has 126 valence electrons. The monoisotopic (exact) mass is 350 g/mol. The summed E-state index contributed by atoms with van der Waals surface area (Å²) in [6.07, 6.45) is 1.93. The first-order chi connectivity index (χ1) is 11.5. The van der Waals surface area contributed by atoms with Gasteiger partial charge in [0, 0.05) is 6.42 Å². The minimum atomic E-state index is -0.712. The number of aromatic nitrogens is 2. The minimum Gasteiger partial charge on any atom is -0.451 e. The first-order valence-corrected chi connectivity index (χ1v) is 8.10. The highest BCUT2D eigenvalue weighted by Crippen LogP contribution is 2.26. The third kappa shape index (κ3) is 3.19. The number of aryl methyl sites for hydroxylation is 1. The van der Waals surface area contributed by atoms with Gasteiger partial charge in [0.2, 0.25) is 0 Å². The van der Waals surface area contributed by atoms with E-state index in [9.17, 15) is 14.0 Å². The topological polar surface area (TPSA) is 61.2 Å². The molecule has 0 amide bonds. The highest BCUT2D eigenvalue weighted by molar-refractivity contribution is 6.33. The van der Waals surface area contributed by atoms with Gasteiger partial charge in [-0.1, -0.05) is 11.6 Å². The van der Waals surface area contributed by atoms with Crippen molar-refractivity contribution >= 4 is 23.4 Å². The SMILES string of the molecule is Cc1nn(-c2ccc(F)cc2)c(Cl)c1C(=O)O[C@@H]1CCCCC1=O. The van der Waals surface area contributed by atoms with E-state index in [1.807, 2.05) is 0 Å². The summed E-state index contributed by atoms with van der Waals surface area (Å²) in [7, 11) is 0. The second-order valence-electron chi connectivity index (χ2n) is 5.75. The van der Waals surface area contributed by atoms with E-state index >= 15 is 0 Å². The zero-order valence-electron chi connectivity index (χ0n) is 13.1. The molecule has 1 aromatic heterocycles. The smallest absolute Gasteiger partial charge is 0.343 e. The Hall–Kier alpha value is -2.21. The van der Waals surface area contributed by atoms with Gasteiger partial charge in [-0.25, -0.2) is 13.9 Å². The van der Waals surface area contributed by atoms with Crippen molar-refractivity contribution < 1.29 is 18.7 Å². The highest BCUT2D eigenvalue weighted by atomic mass is 35.5. The lowest BCUT2D eigenvalue weighted by atomic mass is 9.96. The Labute approximate surface area is 143 Å². The Morgan fingerprint density at radius 1 is 1.33 bits per heavy atom. The molecule has 24 heavy (non-hydrogen) atoms. The van der Waals surface area contributed by atoms with E-state index in [0.717, 1.165) is 12.8 Å². The number of carbonyl (C=O) groups excluding carboxylic acids is 2. The molecule has 0 saturated heterocycles. The fourth-order valence-electron chi connectivity index (χ4n) is 2.75. The van der Waals surface area contributed by atoms with Gasteiger partial charge in [0.25, 0.3) is 0 Å². The maximum absolute atomic E-state index is 13.0. The Morgan fingerprint density at radius 2 is 2.04 bits per heavy atom. The van der Waals surface area contributed by atoms with Crippen molar-refractivity contribution in [3.05, 3.63) is 46.5 Å². The molecule has 1 atom stereocenters. The summed E-state index contributed by atoms with van der Waals surface area (Å²) >= 11 is 6.27. The molecule has 3 rings (SSSR count). The van der Waals surface area contributed by atoms with Crippen LogP contribution in [0.4, 0.5) is 4.39 Å². The molecule has 0 bridgehead atoms. The van der Waals surface area contributed by atoms with Crippen molar-refractivity contribution in [2.24, 2.45) is 0 Å². The van der Waals surface area contributed by atoms with E-state index in [-0.39, 0.29) is 22.3 Å². The molecule has 1 aliphatic carbocycles. The van der Waals surface area contributed by atoms with Crippen molar-refractivity contribution in [2.45, 2.75) is 38.7 Å². The van der Waals surface area contributed by atoms with Crippen LogP contribution in [0.5, 0.6) is 0 Å². The number of hydrogen-bond donors (Lipinski definition) is 0. The summed E-state index contributed by atoms with van der Waals surface area (Å²) in [5.74, 6) is -1.10. The number of carbonyl (C=O) groups is 2. The molecular weight excluding hydrogens is 335 g/mol. The van der Waals surface area contributed by atoms with Gasteiger partial charge in [0.15, 0.2) is 11.9 Å². The lowest BCUT2D eigenvalue weighted by Crippen LogP contribution is -2.30. The molecular formula is C17H16ClFN2O3. The van der Waals surface area contributed by atoms with Crippen LogP contribution in [0.2, 0.25) is 5.15 Å². The Bertz CT molecular complexity index is 786. The van der Waals surface area contributed by atoms with Gasteiger partial charge in [-0.3, -0.25) is 4.79 Å². The summed E-state index contributed by atoms with van der Waals surface area (Å²) in [5.41, 5.74) is 1.04. The second kappa shape index (κ2) is 6.73. The first kappa shape index (κ1) is 16.6. The van der Waals surface area contributed by atoms with Crippen molar-refractivity contribution in [1.29, 1.82) is 0 Å². The summed E-state index contributed by atoms with van der Waals surface area (Å²) in [6, 6.07) is 5.57. The van der Waals surface area contributed by atoms with Crippen LogP contribution in [0, 0.1) is 12.7 Å². The second-order valence-corrected chi connectivity index (χ2v) is 6.10. The molecule has 0 radical (unpaired) electrons. The molecule has 5 nitrogen and oxygen atoms in total. The van der Waals surface area contributed by atoms with Crippen LogP contribution >= 0.6 is 11.6 Å². The zero-order chi connectivity index (χ0) is 17.3. The predicted octanol–water partition coefficient (Wildman–Crippen LogP) is 3.64. The quantitative estimate of drug-likeness (QED) is 0.793. The van der Waals surface area contributed by atoms with E-state index < -0.39 is 12.1 Å². The fourth-order valence-corrected chi connectivity index (χ4v) is 3.10. The van der Waals surface area contributed by atoms with Crippen molar-refractivity contribution in [3.8, 4) is 5.69 Å². The third-order valence-electron chi connectivity index (χ3n) is 4.03. The first-order valence-electron chi connectivity index (χ1n) is 7.72. The summed E-state index contributed by atoms with van der Waals surface area (Å²) in [5, 5.41) is 4.30. The van der Waals surface area contributed by atoms with Crippen LogP contribution in [-0.2, 0) is 9.53 Å². The van der Waals surface area contributed by atoms with Crippen molar-refractivity contribution in [3.63, 3.8) is 0 Å². The van der Waals surface area contributed by atoms with E-state index in [4.69, 9.17) is 16.3 Å². The molecule has 0 aliphatic heterocycles. The fraction of sp³-hybridized carbons (Fsp3) is 0.353. The number of ether oxygens (including phenoxy) is 1. The van der Waals surface area contributed by atoms with E-state index in [1.54, 1.807) is 6.92 Å². The minimum absolute atomic E-state index is 0.0608. The molecule has 1 aliphatic rings. The van der Waals surface area contributed by atoms with Gasteiger partial charge in [-0.05, 0) is 50.5 Å². The molecule has 0 unspecified atom stereocenters. The molecule has 1 fully saturated rings. The standard InChI is InChI=1S/C17H16ClFN2O3/c1-10-15(17(23)24-14-5-3-2-4-13(14)22)16(18)21(20-10)12-8-6-11(19)7-9-12/h6-9,14H,2-5H2,1H3/t14-/m1/s1. The normalized spacial score (nSPS) is 17.8. The number of hydrogen-bond acceptors (Lipinski definition) is 4. The molecule has 0 spiro atoms. The molecule has 1 saturated carbocycles. The maximum Gasteiger partial charge on any atom is 0.343 e. The molecule has 2 aromatic rings. The average molecular weight is 351 g/mol. The Morgan fingerprint density at radius 3 is 2.71 bits per heavy atom. The van der Waals surface area contributed by atoms with Gasteiger partial charge in [-0.15, -0.1) is 0 Å². The van der Waals surface area contributed by atoms with Gasteiger partial charge >= 0.3 is 5.97 Å². The molecule has 0 N–H and O–H groups in total. The van der Waals surface area contributed by atoms with E-state index in [2.05, 4.69) is 5.10 Å². The van der Waals surface area contributed by atoms with E-state index in [0.29, 0.717) is 24.2 Å². The molecule has 7 heteroatoms. The number of Topliss-reactive ketones (excluding diaryl/α,β-unsaturated/α-hetero) is 1. The van der Waals surface area contributed by atoms with Crippen LogP contribution in [0.25, 0.3) is 5.69 Å². The van der Waals surface area contributed by atoms with Crippen LogP contribution < -0.4 is 0 Å². The summed E-state index contributed by atoms with van der Waals surface area (Å²) in [6.45, 7) is 1.63. The maximum atomic E-state index is 13.0.